The quantitative estimate of drug-likeness (QED) is 0.334. The monoisotopic (exact) mass is 657 g/mol. The summed E-state index contributed by atoms with van der Waals surface area (Å²) in [6.07, 6.45) is 0. The smallest absolute Gasteiger partial charge is 0.340 e. The summed E-state index contributed by atoms with van der Waals surface area (Å²) in [6, 6.07) is 0. The highest BCUT2D eigenvalue weighted by Crippen LogP contribution is 2.39. The molecular weight excluding hydrogens is 643 g/mol. The van der Waals surface area contributed by atoms with Crippen molar-refractivity contribution in [3.8, 4) is 0 Å². The van der Waals surface area contributed by atoms with Crippen LogP contribution in [0.25, 0.3) is 0 Å². The zero-order valence-corrected chi connectivity index (χ0v) is 18.7. The number of carbonyl (C=O) groups excluding carboxylic acids is 3. The van der Waals surface area contributed by atoms with Crippen LogP contribution in [0, 0.1) is 10.7 Å². The van der Waals surface area contributed by atoms with Gasteiger partial charge in [0.1, 0.15) is 6.61 Å². The molecule has 23 heavy (non-hydrogen) atoms. The van der Waals surface area contributed by atoms with Gasteiger partial charge >= 0.3 is 5.97 Å². The summed E-state index contributed by atoms with van der Waals surface area (Å²) in [5, 5.41) is 5.39. The fourth-order valence-electron chi connectivity index (χ4n) is 1.64. The molecule has 1 rings (SSSR count). The van der Waals surface area contributed by atoms with Gasteiger partial charge in [-0.25, -0.2) is 4.79 Å². The van der Waals surface area contributed by atoms with Crippen molar-refractivity contribution in [1.82, 2.24) is 0 Å². The number of rotatable bonds is 5. The maximum atomic E-state index is 12.3. The number of hydrogen-bond acceptors (Lipinski definition) is 5. The molecule has 0 aromatic heterocycles. The molecule has 0 unspecified atom stereocenters. The van der Waals surface area contributed by atoms with E-state index in [-0.39, 0.29) is 30.5 Å². The van der Waals surface area contributed by atoms with Crippen LogP contribution in [0.1, 0.15) is 24.2 Å². The summed E-state index contributed by atoms with van der Waals surface area (Å²) in [5.74, 6) is -1.12. The molecule has 4 N–H and O–H groups in total. The second-order valence-corrected chi connectivity index (χ2v) is 7.59. The van der Waals surface area contributed by atoms with Gasteiger partial charge in [0.15, 0.2) is 0 Å². The van der Waals surface area contributed by atoms with E-state index in [1.54, 1.807) is 0 Å². The normalized spacial score (nSPS) is 10.2. The van der Waals surface area contributed by atoms with E-state index in [9.17, 15) is 14.4 Å². The fraction of sp³-hybridized carbons (Fsp3) is 0.308. The third-order valence-corrected chi connectivity index (χ3v) is 5.71. The van der Waals surface area contributed by atoms with E-state index in [1.165, 1.54) is 13.8 Å². The molecule has 0 heterocycles. The van der Waals surface area contributed by atoms with Crippen LogP contribution in [0.2, 0.25) is 0 Å². The predicted octanol–water partition coefficient (Wildman–Crippen LogP) is 2.53. The van der Waals surface area contributed by atoms with Crippen LogP contribution in [0.15, 0.2) is 0 Å². The minimum Gasteiger partial charge on any atom is -0.461 e. The number of hydrogen-bond donors (Lipinski definition) is 3. The van der Waals surface area contributed by atoms with Gasteiger partial charge in [0.25, 0.3) is 0 Å². The molecule has 0 fully saturated rings. The van der Waals surface area contributed by atoms with E-state index in [0.29, 0.717) is 22.1 Å². The summed E-state index contributed by atoms with van der Waals surface area (Å²) in [4.78, 5) is 35.2. The standard InChI is InChI=1S/C13H14I3N3O4/c1-5(20)18-11-8(14)7(13(22)23-4-3-17)9(15)12(10(11)16)19-6(2)21/h3-4,17H2,1-2H3,(H,18,20)(H,19,21). The zero-order chi connectivity index (χ0) is 17.7. The maximum absolute atomic E-state index is 12.3. The Morgan fingerprint density at radius 3 is 1.74 bits per heavy atom. The molecule has 0 radical (unpaired) electrons. The molecule has 0 aliphatic rings. The minimum absolute atomic E-state index is 0.0852. The first kappa shape index (κ1) is 20.8. The molecule has 0 spiro atoms. The van der Waals surface area contributed by atoms with Gasteiger partial charge in [0.05, 0.1) is 27.6 Å². The number of anilines is 2. The molecule has 0 bridgehead atoms. The van der Waals surface area contributed by atoms with Crippen LogP contribution < -0.4 is 16.4 Å². The first-order valence-corrected chi connectivity index (χ1v) is 9.57. The van der Waals surface area contributed by atoms with Crippen molar-refractivity contribution in [1.29, 1.82) is 0 Å². The van der Waals surface area contributed by atoms with Crippen LogP contribution in [0.5, 0.6) is 0 Å². The molecular formula is C13H14I3N3O4. The molecule has 0 aliphatic carbocycles. The average Bonchev–Trinajstić information content (AvgIpc) is 2.45. The molecule has 2 amide bonds. The molecule has 7 nitrogen and oxygen atoms in total. The third-order valence-electron chi connectivity index (χ3n) is 2.47. The molecule has 1 aromatic carbocycles. The Labute approximate surface area is 174 Å². The first-order valence-electron chi connectivity index (χ1n) is 6.33. The van der Waals surface area contributed by atoms with Crippen molar-refractivity contribution in [2.45, 2.75) is 13.8 Å². The van der Waals surface area contributed by atoms with Crippen LogP contribution >= 0.6 is 67.8 Å². The van der Waals surface area contributed by atoms with Crippen LogP contribution in [0.4, 0.5) is 11.4 Å². The summed E-state index contributed by atoms with van der Waals surface area (Å²) >= 11 is 5.96. The van der Waals surface area contributed by atoms with E-state index in [1.807, 2.05) is 67.8 Å². The molecule has 126 valence electrons. The van der Waals surface area contributed by atoms with Crippen molar-refractivity contribution in [2.75, 3.05) is 23.8 Å². The lowest BCUT2D eigenvalue weighted by molar-refractivity contribution is -0.115. The van der Waals surface area contributed by atoms with E-state index in [4.69, 9.17) is 10.5 Å². The van der Waals surface area contributed by atoms with E-state index in [2.05, 4.69) is 10.6 Å². The van der Waals surface area contributed by atoms with Gasteiger partial charge in [-0.05, 0) is 67.8 Å². The Hall–Kier alpha value is -0.220. The van der Waals surface area contributed by atoms with Gasteiger partial charge in [0, 0.05) is 20.4 Å². The number of carbonyl (C=O) groups is 3. The molecule has 0 aliphatic heterocycles. The van der Waals surface area contributed by atoms with Gasteiger partial charge in [0.2, 0.25) is 11.8 Å². The first-order chi connectivity index (χ1) is 10.7. The Morgan fingerprint density at radius 2 is 1.39 bits per heavy atom. The Morgan fingerprint density at radius 1 is 0.957 bits per heavy atom. The Kier molecular flexibility index (Phi) is 8.43. The second-order valence-electron chi connectivity index (χ2n) is 4.35. The Bertz CT molecular complexity index is 621. The predicted molar refractivity (Wildman–Crippen MR) is 113 cm³/mol. The van der Waals surface area contributed by atoms with Gasteiger partial charge in [-0.3, -0.25) is 9.59 Å². The highest BCUT2D eigenvalue weighted by Gasteiger charge is 2.26. The summed E-state index contributed by atoms with van der Waals surface area (Å²) in [5.41, 5.74) is 6.56. The number of halogens is 3. The number of amides is 2. The number of nitrogens with two attached hydrogens (primary N) is 1. The van der Waals surface area contributed by atoms with Crippen molar-refractivity contribution in [3.05, 3.63) is 16.3 Å². The van der Waals surface area contributed by atoms with Crippen molar-refractivity contribution in [2.24, 2.45) is 5.73 Å². The lowest BCUT2D eigenvalue weighted by atomic mass is 10.1. The summed E-state index contributed by atoms with van der Waals surface area (Å²) in [7, 11) is 0. The Balaban J connectivity index is 3.56. The summed E-state index contributed by atoms with van der Waals surface area (Å²) < 4.78 is 6.82. The van der Waals surface area contributed by atoms with Crippen molar-refractivity contribution >= 4 is 96.9 Å². The van der Waals surface area contributed by atoms with Crippen molar-refractivity contribution in [3.63, 3.8) is 0 Å². The number of ether oxygens (including phenoxy) is 1. The molecule has 0 atom stereocenters. The lowest BCUT2D eigenvalue weighted by Gasteiger charge is -2.19. The van der Waals surface area contributed by atoms with Gasteiger partial charge in [-0.1, -0.05) is 0 Å². The van der Waals surface area contributed by atoms with Crippen molar-refractivity contribution < 1.29 is 19.1 Å². The highest BCUT2D eigenvalue weighted by molar-refractivity contribution is 14.1. The fourth-order valence-corrected chi connectivity index (χ4v) is 5.78. The van der Waals surface area contributed by atoms with Crippen LogP contribution in [-0.2, 0) is 14.3 Å². The zero-order valence-electron chi connectivity index (χ0n) is 12.3. The second kappa shape index (κ2) is 9.31. The van der Waals surface area contributed by atoms with Gasteiger partial charge in [-0.2, -0.15) is 0 Å². The largest absolute Gasteiger partial charge is 0.461 e. The van der Waals surface area contributed by atoms with Gasteiger partial charge in [-0.15, -0.1) is 0 Å². The van der Waals surface area contributed by atoms with Crippen LogP contribution in [0.3, 0.4) is 0 Å². The molecule has 0 saturated heterocycles. The van der Waals surface area contributed by atoms with E-state index >= 15 is 0 Å². The van der Waals surface area contributed by atoms with Gasteiger partial charge < -0.3 is 21.1 Å². The molecule has 0 saturated carbocycles. The topological polar surface area (TPSA) is 111 Å². The number of benzene rings is 1. The molecule has 1 aromatic rings. The third kappa shape index (κ3) is 5.38. The average molecular weight is 657 g/mol. The molecule has 10 heteroatoms. The maximum Gasteiger partial charge on any atom is 0.340 e. The van der Waals surface area contributed by atoms with E-state index < -0.39 is 5.97 Å². The lowest BCUT2D eigenvalue weighted by Crippen LogP contribution is -2.20. The summed E-state index contributed by atoms with van der Waals surface area (Å²) in [6.45, 7) is 3.03. The SMILES string of the molecule is CC(=O)Nc1c(I)c(NC(C)=O)c(I)c(C(=O)OCCN)c1I. The highest BCUT2D eigenvalue weighted by atomic mass is 127. The minimum atomic E-state index is -0.557. The van der Waals surface area contributed by atoms with E-state index in [0.717, 1.165) is 0 Å². The number of nitrogens with one attached hydrogen (secondary N) is 2. The number of esters is 1. The van der Waals surface area contributed by atoms with Crippen LogP contribution in [-0.4, -0.2) is 30.9 Å².